The highest BCUT2D eigenvalue weighted by atomic mass is 16.2. The molecule has 126 valence electrons. The molecule has 24 heavy (non-hydrogen) atoms. The molecule has 0 bridgehead atoms. The van der Waals surface area contributed by atoms with Gasteiger partial charge in [-0.05, 0) is 63.3 Å². The van der Waals surface area contributed by atoms with Crippen LogP contribution in [0.4, 0.5) is 11.4 Å². The summed E-state index contributed by atoms with van der Waals surface area (Å²) in [5.74, 6) is 0.0453. The number of carbonyl (C=O) groups excluding carboxylic acids is 1. The molecule has 2 heterocycles. The molecule has 4 nitrogen and oxygen atoms in total. The van der Waals surface area contributed by atoms with Crippen LogP contribution in [-0.4, -0.2) is 28.9 Å². The van der Waals surface area contributed by atoms with E-state index in [0.717, 1.165) is 37.3 Å². The fourth-order valence-corrected chi connectivity index (χ4v) is 3.37. The van der Waals surface area contributed by atoms with Crippen LogP contribution in [0.2, 0.25) is 0 Å². The Hall–Kier alpha value is -2.36. The third-order valence-corrected chi connectivity index (χ3v) is 4.57. The highest BCUT2D eigenvalue weighted by Gasteiger charge is 2.19. The van der Waals surface area contributed by atoms with Gasteiger partial charge in [-0.25, -0.2) is 4.98 Å². The van der Waals surface area contributed by atoms with Crippen LogP contribution in [-0.2, 0) is 0 Å². The van der Waals surface area contributed by atoms with Gasteiger partial charge in [0.15, 0.2) is 0 Å². The van der Waals surface area contributed by atoms with E-state index in [1.54, 1.807) is 6.20 Å². The highest BCUT2D eigenvalue weighted by molar-refractivity contribution is 5.92. The van der Waals surface area contributed by atoms with Gasteiger partial charge in [0.1, 0.15) is 5.69 Å². The lowest BCUT2D eigenvalue weighted by Gasteiger charge is -2.26. The van der Waals surface area contributed by atoms with Gasteiger partial charge in [0.05, 0.1) is 11.9 Å². The first-order valence-electron chi connectivity index (χ1n) is 8.65. The number of nitrogens with one attached hydrogen (secondary N) is 1. The maximum Gasteiger partial charge on any atom is 0.272 e. The van der Waals surface area contributed by atoms with Gasteiger partial charge in [-0.15, -0.1) is 0 Å². The summed E-state index contributed by atoms with van der Waals surface area (Å²) in [5, 5.41) is 3.43. The number of likely N-dealkylation sites (tertiary alicyclic amines) is 1. The number of pyridine rings is 1. The molecular weight excluding hydrogens is 298 g/mol. The van der Waals surface area contributed by atoms with Crippen molar-refractivity contribution in [3.05, 3.63) is 52.8 Å². The zero-order valence-corrected chi connectivity index (χ0v) is 14.7. The van der Waals surface area contributed by atoms with E-state index in [1.165, 1.54) is 23.1 Å². The SMILES string of the molecule is Cc1cc(C)c(Nc2ccc(C(=O)N3CCCCC3)nc2)c(C)c1. The number of hydrogen-bond acceptors (Lipinski definition) is 3. The molecule has 0 spiro atoms. The third-order valence-electron chi connectivity index (χ3n) is 4.57. The maximum atomic E-state index is 12.5. The summed E-state index contributed by atoms with van der Waals surface area (Å²) >= 11 is 0. The molecular formula is C20H25N3O. The molecule has 1 aromatic heterocycles. The van der Waals surface area contributed by atoms with Crippen molar-refractivity contribution in [1.29, 1.82) is 0 Å². The van der Waals surface area contributed by atoms with Crippen molar-refractivity contribution in [2.24, 2.45) is 0 Å². The van der Waals surface area contributed by atoms with Crippen LogP contribution >= 0.6 is 0 Å². The standard InChI is InChI=1S/C20H25N3O/c1-14-11-15(2)19(16(3)12-14)22-17-7-8-18(21-13-17)20(24)23-9-5-4-6-10-23/h7-8,11-13,22H,4-6,9-10H2,1-3H3. The predicted molar refractivity (Wildman–Crippen MR) is 97.9 cm³/mol. The molecule has 1 N–H and O–H groups in total. The van der Waals surface area contributed by atoms with Crippen molar-refractivity contribution < 1.29 is 4.79 Å². The topological polar surface area (TPSA) is 45.2 Å². The molecule has 0 aliphatic carbocycles. The molecule has 1 aromatic carbocycles. The molecule has 2 aromatic rings. The molecule has 3 rings (SSSR count). The number of carbonyl (C=O) groups is 1. The summed E-state index contributed by atoms with van der Waals surface area (Å²) < 4.78 is 0. The van der Waals surface area contributed by atoms with E-state index in [0.29, 0.717) is 5.69 Å². The Morgan fingerprint density at radius 3 is 2.29 bits per heavy atom. The van der Waals surface area contributed by atoms with E-state index in [9.17, 15) is 4.79 Å². The number of hydrogen-bond donors (Lipinski definition) is 1. The second-order valence-electron chi connectivity index (χ2n) is 6.68. The van der Waals surface area contributed by atoms with Crippen LogP contribution in [0.15, 0.2) is 30.5 Å². The van der Waals surface area contributed by atoms with E-state index in [-0.39, 0.29) is 5.91 Å². The van der Waals surface area contributed by atoms with Crippen LogP contribution in [0.3, 0.4) is 0 Å². The summed E-state index contributed by atoms with van der Waals surface area (Å²) in [4.78, 5) is 18.7. The highest BCUT2D eigenvalue weighted by Crippen LogP contribution is 2.25. The first kappa shape index (κ1) is 16.5. The monoisotopic (exact) mass is 323 g/mol. The minimum atomic E-state index is 0.0453. The summed E-state index contributed by atoms with van der Waals surface area (Å²) in [6, 6.07) is 8.08. The van der Waals surface area contributed by atoms with Gasteiger partial charge in [-0.3, -0.25) is 4.79 Å². The van der Waals surface area contributed by atoms with Gasteiger partial charge in [0.25, 0.3) is 5.91 Å². The average molecular weight is 323 g/mol. The Balaban J connectivity index is 1.74. The van der Waals surface area contributed by atoms with Gasteiger partial charge in [-0.2, -0.15) is 0 Å². The van der Waals surface area contributed by atoms with E-state index in [1.807, 2.05) is 17.0 Å². The second kappa shape index (κ2) is 7.04. The minimum absolute atomic E-state index is 0.0453. The fourth-order valence-electron chi connectivity index (χ4n) is 3.37. The van der Waals surface area contributed by atoms with Gasteiger partial charge in [0.2, 0.25) is 0 Å². The summed E-state index contributed by atoms with van der Waals surface area (Å²) in [7, 11) is 0. The zero-order valence-electron chi connectivity index (χ0n) is 14.7. The van der Waals surface area contributed by atoms with Crippen LogP contribution in [0.1, 0.15) is 46.4 Å². The number of amides is 1. The summed E-state index contributed by atoms with van der Waals surface area (Å²) in [5.41, 5.74) is 6.22. The van der Waals surface area contributed by atoms with Crippen LogP contribution in [0.25, 0.3) is 0 Å². The maximum absolute atomic E-state index is 12.5. The normalized spacial score (nSPS) is 14.5. The number of benzene rings is 1. The Kier molecular flexibility index (Phi) is 4.84. The zero-order chi connectivity index (χ0) is 17.1. The second-order valence-corrected chi connectivity index (χ2v) is 6.68. The van der Waals surface area contributed by atoms with Crippen LogP contribution < -0.4 is 5.32 Å². The van der Waals surface area contributed by atoms with Crippen molar-refractivity contribution in [2.75, 3.05) is 18.4 Å². The van der Waals surface area contributed by atoms with Gasteiger partial charge in [-0.1, -0.05) is 17.7 Å². The number of aryl methyl sites for hydroxylation is 3. The van der Waals surface area contributed by atoms with Crippen LogP contribution in [0, 0.1) is 20.8 Å². The number of nitrogens with zero attached hydrogens (tertiary/aromatic N) is 2. The molecule has 0 atom stereocenters. The first-order valence-corrected chi connectivity index (χ1v) is 8.65. The van der Waals surface area contributed by atoms with Crippen molar-refractivity contribution in [3.63, 3.8) is 0 Å². The van der Waals surface area contributed by atoms with Gasteiger partial charge >= 0.3 is 0 Å². The summed E-state index contributed by atoms with van der Waals surface area (Å²) in [6.45, 7) is 8.00. The molecule has 1 fully saturated rings. The quantitative estimate of drug-likeness (QED) is 0.912. The molecule has 0 saturated carbocycles. The van der Waals surface area contributed by atoms with E-state index in [2.05, 4.69) is 43.2 Å². The Morgan fingerprint density at radius 1 is 1.04 bits per heavy atom. The van der Waals surface area contributed by atoms with Crippen molar-refractivity contribution in [2.45, 2.75) is 40.0 Å². The predicted octanol–water partition coefficient (Wildman–Crippen LogP) is 4.38. The number of piperidine rings is 1. The Morgan fingerprint density at radius 2 is 1.71 bits per heavy atom. The molecule has 4 heteroatoms. The van der Waals surface area contributed by atoms with Crippen molar-refractivity contribution in [3.8, 4) is 0 Å². The Labute approximate surface area is 143 Å². The number of aromatic nitrogens is 1. The smallest absolute Gasteiger partial charge is 0.272 e. The summed E-state index contributed by atoms with van der Waals surface area (Å²) in [6.07, 6.45) is 5.15. The van der Waals surface area contributed by atoms with Crippen LogP contribution in [0.5, 0.6) is 0 Å². The number of rotatable bonds is 3. The number of anilines is 2. The van der Waals surface area contributed by atoms with E-state index in [4.69, 9.17) is 0 Å². The molecule has 0 unspecified atom stereocenters. The van der Waals surface area contributed by atoms with E-state index < -0.39 is 0 Å². The lowest BCUT2D eigenvalue weighted by Crippen LogP contribution is -2.36. The van der Waals surface area contributed by atoms with Crippen molar-refractivity contribution in [1.82, 2.24) is 9.88 Å². The molecule has 1 amide bonds. The Bertz CT molecular complexity index is 708. The lowest BCUT2D eigenvalue weighted by molar-refractivity contribution is 0.0718. The largest absolute Gasteiger partial charge is 0.354 e. The average Bonchev–Trinajstić information content (AvgIpc) is 2.59. The molecule has 1 aliphatic rings. The van der Waals surface area contributed by atoms with Crippen molar-refractivity contribution >= 4 is 17.3 Å². The van der Waals surface area contributed by atoms with Gasteiger partial charge in [0, 0.05) is 18.8 Å². The first-order chi connectivity index (χ1) is 11.5. The molecule has 1 saturated heterocycles. The van der Waals surface area contributed by atoms with E-state index >= 15 is 0 Å². The fraction of sp³-hybridized carbons (Fsp3) is 0.400. The lowest BCUT2D eigenvalue weighted by atomic mass is 10.0. The van der Waals surface area contributed by atoms with Gasteiger partial charge < -0.3 is 10.2 Å². The molecule has 0 radical (unpaired) electrons. The third kappa shape index (κ3) is 3.58. The minimum Gasteiger partial charge on any atom is -0.354 e. The molecule has 1 aliphatic heterocycles.